The van der Waals surface area contributed by atoms with Crippen molar-refractivity contribution in [1.82, 2.24) is 9.55 Å². The highest BCUT2D eigenvalue weighted by molar-refractivity contribution is 5.74. The van der Waals surface area contributed by atoms with Crippen molar-refractivity contribution in [3.63, 3.8) is 0 Å². The average Bonchev–Trinajstić information content (AvgIpc) is 2.82. The van der Waals surface area contributed by atoms with Crippen LogP contribution in [0.2, 0.25) is 0 Å². The fourth-order valence-corrected chi connectivity index (χ4v) is 1.89. The van der Waals surface area contributed by atoms with E-state index in [9.17, 15) is 0 Å². The molecule has 0 radical (unpaired) electrons. The van der Waals surface area contributed by atoms with E-state index in [1.165, 1.54) is 5.56 Å². The minimum absolute atomic E-state index is 0.476. The summed E-state index contributed by atoms with van der Waals surface area (Å²) in [5.41, 5.74) is 3.31. The Balaban J connectivity index is 1.79. The molecule has 3 rings (SSSR count). The summed E-state index contributed by atoms with van der Waals surface area (Å²) in [6, 6.07) is 16.1. The van der Waals surface area contributed by atoms with Gasteiger partial charge in [0.2, 0.25) is 0 Å². The first-order valence-electron chi connectivity index (χ1n) is 5.92. The lowest BCUT2D eigenvalue weighted by molar-refractivity contribution is 0.241. The summed E-state index contributed by atoms with van der Waals surface area (Å²) in [7, 11) is 0. The van der Waals surface area contributed by atoms with E-state index in [-0.39, 0.29) is 0 Å². The zero-order valence-corrected chi connectivity index (χ0v) is 10.2. The molecule has 0 saturated heterocycles. The summed E-state index contributed by atoms with van der Waals surface area (Å²) in [5.74, 6) is 0.874. The molecule has 0 amide bonds. The molecule has 0 aliphatic carbocycles. The molecule has 1 aromatic heterocycles. The summed E-state index contributed by atoms with van der Waals surface area (Å²) in [6.07, 6.45) is 1.80. The van der Waals surface area contributed by atoms with Crippen LogP contribution in [0.1, 0.15) is 5.56 Å². The van der Waals surface area contributed by atoms with Gasteiger partial charge in [0.15, 0.2) is 6.73 Å². The second kappa shape index (κ2) is 4.53. The number of hydrogen-bond acceptors (Lipinski definition) is 2. The predicted octanol–water partition coefficient (Wildman–Crippen LogP) is 3.38. The van der Waals surface area contributed by atoms with Crippen LogP contribution in [-0.2, 0) is 6.73 Å². The molecule has 90 valence electrons. The predicted molar refractivity (Wildman–Crippen MR) is 71.5 cm³/mol. The molecule has 3 nitrogen and oxygen atoms in total. The van der Waals surface area contributed by atoms with Crippen molar-refractivity contribution in [2.24, 2.45) is 0 Å². The van der Waals surface area contributed by atoms with E-state index < -0.39 is 0 Å². The molecule has 0 aliphatic heterocycles. The van der Waals surface area contributed by atoms with Gasteiger partial charge in [-0.2, -0.15) is 0 Å². The highest BCUT2D eigenvalue weighted by atomic mass is 16.5. The quantitative estimate of drug-likeness (QED) is 0.699. The second-order valence-electron chi connectivity index (χ2n) is 4.29. The molecule has 0 saturated carbocycles. The third-order valence-electron chi connectivity index (χ3n) is 2.92. The zero-order chi connectivity index (χ0) is 12.4. The smallest absolute Gasteiger partial charge is 0.166 e. The number of fused-ring (bicyclic) bond motifs is 1. The maximum atomic E-state index is 5.74. The van der Waals surface area contributed by atoms with Gasteiger partial charge in [-0.05, 0) is 31.2 Å². The molecular weight excluding hydrogens is 224 g/mol. The van der Waals surface area contributed by atoms with E-state index in [0.29, 0.717) is 6.73 Å². The van der Waals surface area contributed by atoms with Gasteiger partial charge < -0.3 is 4.74 Å². The van der Waals surface area contributed by atoms with Crippen LogP contribution < -0.4 is 4.74 Å². The number of ether oxygens (including phenoxy) is 1. The third kappa shape index (κ3) is 2.07. The number of benzene rings is 2. The van der Waals surface area contributed by atoms with Crippen LogP contribution in [-0.4, -0.2) is 9.55 Å². The Kier molecular flexibility index (Phi) is 2.73. The summed E-state index contributed by atoms with van der Waals surface area (Å²) in [6.45, 7) is 2.54. The molecular formula is C15H14N2O. The zero-order valence-electron chi connectivity index (χ0n) is 10.2. The Morgan fingerprint density at radius 3 is 2.67 bits per heavy atom. The standard InChI is InChI=1S/C15H14N2O/c1-12-6-8-13(9-7-12)18-11-17-10-16-14-4-2-3-5-15(14)17/h2-10H,11H2,1H3. The normalized spacial score (nSPS) is 10.7. The molecule has 0 atom stereocenters. The van der Waals surface area contributed by atoms with Crippen LogP contribution in [0.4, 0.5) is 0 Å². The van der Waals surface area contributed by atoms with E-state index in [1.807, 2.05) is 53.1 Å². The number of imidazole rings is 1. The van der Waals surface area contributed by atoms with Gasteiger partial charge in [0.05, 0.1) is 17.4 Å². The van der Waals surface area contributed by atoms with Crippen molar-refractivity contribution in [1.29, 1.82) is 0 Å². The van der Waals surface area contributed by atoms with Crippen LogP contribution in [0.3, 0.4) is 0 Å². The van der Waals surface area contributed by atoms with Crippen LogP contribution in [0.25, 0.3) is 11.0 Å². The minimum Gasteiger partial charge on any atom is -0.473 e. The van der Waals surface area contributed by atoms with Crippen molar-refractivity contribution in [3.8, 4) is 5.75 Å². The van der Waals surface area contributed by atoms with Crippen LogP contribution >= 0.6 is 0 Å². The molecule has 0 unspecified atom stereocenters. The summed E-state index contributed by atoms with van der Waals surface area (Å²) in [5, 5.41) is 0. The van der Waals surface area contributed by atoms with E-state index in [2.05, 4.69) is 11.9 Å². The van der Waals surface area contributed by atoms with Crippen molar-refractivity contribution in [2.45, 2.75) is 13.7 Å². The lowest BCUT2D eigenvalue weighted by Crippen LogP contribution is -2.03. The molecule has 0 fully saturated rings. The number of rotatable bonds is 3. The molecule has 0 aliphatic rings. The Morgan fingerprint density at radius 1 is 1.06 bits per heavy atom. The highest BCUT2D eigenvalue weighted by Crippen LogP contribution is 2.15. The van der Waals surface area contributed by atoms with Crippen molar-refractivity contribution >= 4 is 11.0 Å². The number of nitrogens with zero attached hydrogens (tertiary/aromatic N) is 2. The van der Waals surface area contributed by atoms with Gasteiger partial charge in [-0.3, -0.25) is 4.57 Å². The molecule has 0 spiro atoms. The molecule has 3 aromatic rings. The summed E-state index contributed by atoms with van der Waals surface area (Å²) in [4.78, 5) is 4.33. The third-order valence-corrected chi connectivity index (χ3v) is 2.92. The molecule has 0 N–H and O–H groups in total. The van der Waals surface area contributed by atoms with Crippen molar-refractivity contribution in [3.05, 3.63) is 60.4 Å². The molecule has 2 aromatic carbocycles. The van der Waals surface area contributed by atoms with Gasteiger partial charge in [-0.25, -0.2) is 4.98 Å². The number of para-hydroxylation sites is 2. The van der Waals surface area contributed by atoms with Crippen LogP contribution in [0.15, 0.2) is 54.9 Å². The van der Waals surface area contributed by atoms with Crippen LogP contribution in [0, 0.1) is 6.92 Å². The topological polar surface area (TPSA) is 27.1 Å². The first-order chi connectivity index (χ1) is 8.83. The van der Waals surface area contributed by atoms with Crippen molar-refractivity contribution < 1.29 is 4.74 Å². The largest absolute Gasteiger partial charge is 0.473 e. The Bertz CT molecular complexity index is 656. The SMILES string of the molecule is Cc1ccc(OCn2cnc3ccccc32)cc1. The summed E-state index contributed by atoms with van der Waals surface area (Å²) >= 11 is 0. The van der Waals surface area contributed by atoms with Gasteiger partial charge in [-0.1, -0.05) is 29.8 Å². The lowest BCUT2D eigenvalue weighted by Gasteiger charge is -2.07. The van der Waals surface area contributed by atoms with Gasteiger partial charge in [0.1, 0.15) is 5.75 Å². The van der Waals surface area contributed by atoms with Gasteiger partial charge >= 0.3 is 0 Å². The monoisotopic (exact) mass is 238 g/mol. The number of aromatic nitrogens is 2. The minimum atomic E-state index is 0.476. The Labute approximate surface area is 106 Å². The molecule has 3 heteroatoms. The first kappa shape index (κ1) is 10.8. The van der Waals surface area contributed by atoms with Gasteiger partial charge in [0.25, 0.3) is 0 Å². The molecule has 18 heavy (non-hydrogen) atoms. The van der Waals surface area contributed by atoms with E-state index in [1.54, 1.807) is 6.33 Å². The fourth-order valence-electron chi connectivity index (χ4n) is 1.89. The Hall–Kier alpha value is -2.29. The van der Waals surface area contributed by atoms with E-state index in [4.69, 9.17) is 4.74 Å². The second-order valence-corrected chi connectivity index (χ2v) is 4.29. The first-order valence-corrected chi connectivity index (χ1v) is 5.92. The summed E-state index contributed by atoms with van der Waals surface area (Å²) < 4.78 is 7.73. The Morgan fingerprint density at radius 2 is 1.83 bits per heavy atom. The van der Waals surface area contributed by atoms with Gasteiger partial charge in [-0.15, -0.1) is 0 Å². The average molecular weight is 238 g/mol. The maximum absolute atomic E-state index is 5.74. The van der Waals surface area contributed by atoms with Crippen molar-refractivity contribution in [2.75, 3.05) is 0 Å². The molecule has 0 bridgehead atoms. The van der Waals surface area contributed by atoms with Crippen LogP contribution in [0.5, 0.6) is 5.75 Å². The highest BCUT2D eigenvalue weighted by Gasteiger charge is 2.01. The maximum Gasteiger partial charge on any atom is 0.166 e. The fraction of sp³-hybridized carbons (Fsp3) is 0.133. The number of aryl methyl sites for hydroxylation is 1. The lowest BCUT2D eigenvalue weighted by atomic mass is 10.2. The molecule has 1 heterocycles. The number of hydrogen-bond donors (Lipinski definition) is 0. The van der Waals surface area contributed by atoms with E-state index >= 15 is 0 Å². The van der Waals surface area contributed by atoms with E-state index in [0.717, 1.165) is 16.8 Å². The van der Waals surface area contributed by atoms with Gasteiger partial charge in [0, 0.05) is 0 Å².